The number of hydrogen-bond donors (Lipinski definition) is 2. The van der Waals surface area contributed by atoms with E-state index >= 15 is 0 Å². The molecule has 0 aliphatic heterocycles. The van der Waals surface area contributed by atoms with Gasteiger partial charge in [0.05, 0.1) is 0 Å². The highest BCUT2D eigenvalue weighted by Crippen LogP contribution is 2.09. The third-order valence-electron chi connectivity index (χ3n) is 2.65. The first-order valence-electron chi connectivity index (χ1n) is 5.93. The molecule has 2 N–H and O–H groups in total. The lowest BCUT2D eigenvalue weighted by Gasteiger charge is -2.13. The number of hydrogen-bond acceptors (Lipinski definition) is 5. The van der Waals surface area contributed by atoms with Crippen molar-refractivity contribution in [2.24, 2.45) is 5.92 Å². The predicted octanol–water partition coefficient (Wildman–Crippen LogP) is 0.903. The van der Waals surface area contributed by atoms with Crippen LogP contribution in [-0.2, 0) is 20.6 Å². The maximum Gasteiger partial charge on any atom is 0.303 e. The Morgan fingerprint density at radius 1 is 1.58 bits per heavy atom. The number of nitrogens with one attached hydrogen (secondary N) is 1. The summed E-state index contributed by atoms with van der Waals surface area (Å²) in [5, 5.41) is 12.3. The molecule has 19 heavy (non-hydrogen) atoms. The van der Waals surface area contributed by atoms with Crippen LogP contribution in [0.3, 0.4) is 0 Å². The molecule has 0 spiro atoms. The summed E-state index contributed by atoms with van der Waals surface area (Å²) >= 11 is 0. The van der Waals surface area contributed by atoms with Crippen LogP contribution in [0.4, 0.5) is 0 Å². The molecule has 0 amide bonds. The van der Waals surface area contributed by atoms with Gasteiger partial charge >= 0.3 is 5.97 Å². The van der Waals surface area contributed by atoms with Crippen molar-refractivity contribution in [1.29, 1.82) is 0 Å². The van der Waals surface area contributed by atoms with E-state index in [9.17, 15) is 13.2 Å². The number of rotatable bonds is 8. The van der Waals surface area contributed by atoms with Gasteiger partial charge in [0.15, 0.2) is 0 Å². The summed E-state index contributed by atoms with van der Waals surface area (Å²) < 4.78 is 30.7. The third kappa shape index (κ3) is 5.84. The van der Waals surface area contributed by atoms with E-state index in [-0.39, 0.29) is 24.6 Å². The number of carbonyl (C=O) groups is 1. The van der Waals surface area contributed by atoms with E-state index in [2.05, 4.69) is 9.88 Å². The second-order valence-electron chi connectivity index (χ2n) is 4.41. The molecule has 1 atom stereocenters. The van der Waals surface area contributed by atoms with Crippen molar-refractivity contribution in [3.05, 3.63) is 17.5 Å². The van der Waals surface area contributed by atoms with Gasteiger partial charge in [-0.3, -0.25) is 4.79 Å². The lowest BCUT2D eigenvalue weighted by Crippen LogP contribution is -2.31. The molecule has 0 saturated carbocycles. The van der Waals surface area contributed by atoms with Crippen LogP contribution in [0.5, 0.6) is 0 Å². The van der Waals surface area contributed by atoms with Crippen molar-refractivity contribution in [3.8, 4) is 0 Å². The number of carboxylic acid groups (broad SMARTS) is 1. The monoisotopic (exact) mass is 290 g/mol. The van der Waals surface area contributed by atoms with Crippen LogP contribution in [0.25, 0.3) is 0 Å². The largest absolute Gasteiger partial charge is 0.481 e. The van der Waals surface area contributed by atoms with E-state index in [1.54, 1.807) is 13.0 Å². The van der Waals surface area contributed by atoms with Crippen molar-refractivity contribution < 1.29 is 22.8 Å². The minimum absolute atomic E-state index is 0.0535. The Morgan fingerprint density at radius 2 is 2.26 bits per heavy atom. The number of carboxylic acids is 1. The number of aromatic nitrogens is 1. The summed E-state index contributed by atoms with van der Waals surface area (Å²) in [6, 6.07) is 1.55. The molecule has 1 rings (SSSR count). The van der Waals surface area contributed by atoms with E-state index in [1.807, 2.05) is 6.92 Å². The zero-order valence-corrected chi connectivity index (χ0v) is 11.7. The van der Waals surface area contributed by atoms with Crippen LogP contribution in [-0.4, -0.2) is 31.2 Å². The van der Waals surface area contributed by atoms with Gasteiger partial charge < -0.3 is 9.63 Å². The molecule has 8 heteroatoms. The fraction of sp³-hybridized carbons (Fsp3) is 0.636. The van der Waals surface area contributed by atoms with Crippen molar-refractivity contribution in [3.63, 3.8) is 0 Å². The highest BCUT2D eigenvalue weighted by atomic mass is 32.2. The van der Waals surface area contributed by atoms with Crippen LogP contribution in [0.1, 0.15) is 31.2 Å². The van der Waals surface area contributed by atoms with Gasteiger partial charge in [-0.15, -0.1) is 0 Å². The van der Waals surface area contributed by atoms with E-state index < -0.39 is 16.0 Å². The van der Waals surface area contributed by atoms with Crippen molar-refractivity contribution in [1.82, 2.24) is 9.88 Å². The third-order valence-corrected chi connectivity index (χ3v) is 3.93. The highest BCUT2D eigenvalue weighted by molar-refractivity contribution is 7.88. The quantitative estimate of drug-likeness (QED) is 0.736. The van der Waals surface area contributed by atoms with E-state index in [0.717, 1.165) is 0 Å². The molecule has 7 nitrogen and oxygen atoms in total. The van der Waals surface area contributed by atoms with Crippen LogP contribution < -0.4 is 4.72 Å². The van der Waals surface area contributed by atoms with Gasteiger partial charge in [0.2, 0.25) is 10.0 Å². The lowest BCUT2D eigenvalue weighted by molar-refractivity contribution is -0.138. The zero-order valence-electron chi connectivity index (χ0n) is 10.9. The predicted molar refractivity (Wildman–Crippen MR) is 67.9 cm³/mol. The summed E-state index contributed by atoms with van der Waals surface area (Å²) in [4.78, 5) is 10.6. The molecule has 1 unspecified atom stereocenters. The first-order chi connectivity index (χ1) is 8.82. The normalized spacial score (nSPS) is 13.4. The Hall–Kier alpha value is -1.41. The lowest BCUT2D eigenvalue weighted by atomic mass is 10.0. The minimum atomic E-state index is -3.53. The van der Waals surface area contributed by atoms with Crippen molar-refractivity contribution >= 4 is 16.0 Å². The molecule has 1 aromatic heterocycles. The summed E-state index contributed by atoms with van der Waals surface area (Å²) in [7, 11) is -3.53. The Labute approximate surface area is 112 Å². The highest BCUT2D eigenvalue weighted by Gasteiger charge is 2.18. The van der Waals surface area contributed by atoms with Crippen molar-refractivity contribution in [2.75, 3.05) is 6.54 Å². The first kappa shape index (κ1) is 15.6. The SMILES string of the molecule is CCC(CNS(=O)(=O)Cc1cc(C)on1)CC(=O)O. The molecular formula is C11H18N2O5S. The molecule has 0 fully saturated rings. The Bertz CT molecular complexity index is 523. The fourth-order valence-corrected chi connectivity index (χ4v) is 2.70. The fourth-order valence-electron chi connectivity index (χ4n) is 1.58. The molecule has 0 aromatic carbocycles. The summed E-state index contributed by atoms with van der Waals surface area (Å²) in [5.74, 6) is -0.875. The molecule has 0 aliphatic carbocycles. The maximum absolute atomic E-state index is 11.8. The van der Waals surface area contributed by atoms with Crippen LogP contribution in [0.15, 0.2) is 10.6 Å². The van der Waals surface area contributed by atoms with Gasteiger partial charge in [-0.2, -0.15) is 0 Å². The van der Waals surface area contributed by atoms with E-state index in [4.69, 9.17) is 9.63 Å². The number of nitrogens with zero attached hydrogens (tertiary/aromatic N) is 1. The molecular weight excluding hydrogens is 272 g/mol. The van der Waals surface area contributed by atoms with Gasteiger partial charge in [-0.25, -0.2) is 13.1 Å². The molecule has 0 radical (unpaired) electrons. The Kier molecular flexibility index (Phi) is 5.49. The van der Waals surface area contributed by atoms with Gasteiger partial charge in [0.25, 0.3) is 0 Å². The maximum atomic E-state index is 11.8. The topological polar surface area (TPSA) is 110 Å². The molecule has 0 aliphatic rings. The Balaban J connectivity index is 2.52. The van der Waals surface area contributed by atoms with Gasteiger partial charge in [0, 0.05) is 19.0 Å². The standard InChI is InChI=1S/C11H18N2O5S/c1-3-9(5-11(14)15)6-12-19(16,17)7-10-4-8(2)18-13-10/h4,9,12H,3,5-7H2,1-2H3,(H,14,15). The zero-order chi connectivity index (χ0) is 14.5. The smallest absolute Gasteiger partial charge is 0.303 e. The average Bonchev–Trinajstić information content (AvgIpc) is 2.68. The van der Waals surface area contributed by atoms with Gasteiger partial charge in [-0.05, 0) is 12.8 Å². The van der Waals surface area contributed by atoms with Crippen LogP contribution in [0, 0.1) is 12.8 Å². The second-order valence-corrected chi connectivity index (χ2v) is 6.22. The van der Waals surface area contributed by atoms with Crippen LogP contribution in [0.2, 0.25) is 0 Å². The van der Waals surface area contributed by atoms with E-state index in [1.165, 1.54) is 0 Å². The minimum Gasteiger partial charge on any atom is -0.481 e. The molecule has 1 aromatic rings. The van der Waals surface area contributed by atoms with Gasteiger partial charge in [0.1, 0.15) is 17.2 Å². The average molecular weight is 290 g/mol. The number of aliphatic carboxylic acids is 1. The summed E-state index contributed by atoms with van der Waals surface area (Å²) in [6.07, 6.45) is 0.542. The first-order valence-corrected chi connectivity index (χ1v) is 7.59. The van der Waals surface area contributed by atoms with Gasteiger partial charge in [-0.1, -0.05) is 18.5 Å². The molecule has 1 heterocycles. The van der Waals surface area contributed by atoms with E-state index in [0.29, 0.717) is 17.9 Å². The van der Waals surface area contributed by atoms with Crippen molar-refractivity contribution in [2.45, 2.75) is 32.4 Å². The number of sulfonamides is 1. The molecule has 0 saturated heterocycles. The summed E-state index contributed by atoms with van der Waals surface area (Å²) in [6.45, 7) is 3.61. The van der Waals surface area contributed by atoms with Crippen LogP contribution >= 0.6 is 0 Å². The Morgan fingerprint density at radius 3 is 2.74 bits per heavy atom. The summed E-state index contributed by atoms with van der Waals surface area (Å²) in [5.41, 5.74) is 0.330. The molecule has 108 valence electrons. The molecule has 0 bridgehead atoms. The number of aryl methyl sites for hydroxylation is 1. The second kappa shape index (κ2) is 6.67.